The number of ether oxygens (including phenoxy) is 1. The molecule has 140 valence electrons. The molecule has 1 aliphatic heterocycles. The summed E-state index contributed by atoms with van der Waals surface area (Å²) in [6, 6.07) is 12.2. The molecule has 26 heavy (non-hydrogen) atoms. The van der Waals surface area contributed by atoms with Crippen molar-refractivity contribution >= 4 is 15.7 Å². The molecule has 0 saturated carbocycles. The molecule has 1 heterocycles. The number of hydrogen-bond donors (Lipinski definition) is 2. The van der Waals surface area contributed by atoms with Gasteiger partial charge < -0.3 is 4.74 Å². The van der Waals surface area contributed by atoms with Crippen LogP contribution in [0.1, 0.15) is 18.4 Å². The molecule has 0 atom stereocenters. The van der Waals surface area contributed by atoms with Crippen LogP contribution in [0.15, 0.2) is 42.5 Å². The molecule has 0 amide bonds. The van der Waals surface area contributed by atoms with E-state index in [0.717, 1.165) is 23.1 Å². The van der Waals surface area contributed by atoms with Gasteiger partial charge in [-0.05, 0) is 48.2 Å². The molecule has 1 aliphatic rings. The lowest BCUT2D eigenvalue weighted by Gasteiger charge is -2.26. The summed E-state index contributed by atoms with van der Waals surface area (Å²) >= 11 is 0. The molecule has 2 N–H and O–H groups in total. The Morgan fingerprint density at radius 3 is 2.65 bits per heavy atom. The van der Waals surface area contributed by atoms with Crippen molar-refractivity contribution in [3.05, 3.63) is 48.0 Å². The molecule has 0 unspecified atom stereocenters. The Bertz CT molecular complexity index is 883. The Hall–Kier alpha value is -2.13. The van der Waals surface area contributed by atoms with Gasteiger partial charge in [0.05, 0.1) is 18.6 Å². The minimum Gasteiger partial charge on any atom is -0.496 e. The molecule has 1 fully saturated rings. The summed E-state index contributed by atoms with van der Waals surface area (Å²) in [7, 11) is -1.65. The lowest BCUT2D eigenvalue weighted by molar-refractivity contribution is 0.0292. The van der Waals surface area contributed by atoms with E-state index in [1.54, 1.807) is 31.4 Å². The third-order valence-electron chi connectivity index (χ3n) is 4.46. The van der Waals surface area contributed by atoms with E-state index >= 15 is 0 Å². The fraction of sp³-hybridized carbons (Fsp3) is 0.333. The second kappa shape index (κ2) is 7.63. The van der Waals surface area contributed by atoms with Gasteiger partial charge in [0.25, 0.3) is 0 Å². The first-order valence-electron chi connectivity index (χ1n) is 8.34. The van der Waals surface area contributed by atoms with Gasteiger partial charge in [-0.1, -0.05) is 18.2 Å². The maximum atomic E-state index is 12.2. The van der Waals surface area contributed by atoms with E-state index < -0.39 is 10.0 Å². The zero-order chi connectivity index (χ0) is 18.7. The number of nitrogens with zero attached hydrogens (tertiary/aromatic N) is 2. The second-order valence-corrected chi connectivity index (χ2v) is 8.32. The Kier molecular flexibility index (Phi) is 5.47. The number of methoxy groups -OCH3 is 1. The number of sulfonamides is 1. The molecule has 7 nitrogen and oxygen atoms in total. The van der Waals surface area contributed by atoms with Crippen LogP contribution >= 0.6 is 0 Å². The third kappa shape index (κ3) is 3.99. The Morgan fingerprint density at radius 1 is 1.15 bits per heavy atom. The summed E-state index contributed by atoms with van der Waals surface area (Å²) in [5, 5.41) is 18.5. The predicted molar refractivity (Wildman–Crippen MR) is 97.9 cm³/mol. The molecular weight excluding hydrogens is 356 g/mol. The standard InChI is InChI=1S/C18H22N2O5S/c1-25-18-8-7-14(13-19-9-2-3-10-26(19,23)24)11-17(18)15-5-4-6-16(12-15)20(21)22/h4-8,11-12,21-22H,2-3,9-10,13H2,1H3. The normalized spacial score (nSPS) is 17.0. The average molecular weight is 378 g/mol. The summed E-state index contributed by atoms with van der Waals surface area (Å²) in [6.45, 7) is 0.842. The fourth-order valence-electron chi connectivity index (χ4n) is 3.10. The summed E-state index contributed by atoms with van der Waals surface area (Å²) in [5.41, 5.74) is 2.55. The van der Waals surface area contributed by atoms with Crippen LogP contribution in [0.2, 0.25) is 0 Å². The van der Waals surface area contributed by atoms with E-state index in [0.29, 0.717) is 25.3 Å². The highest BCUT2D eigenvalue weighted by atomic mass is 32.2. The highest BCUT2D eigenvalue weighted by Gasteiger charge is 2.25. The van der Waals surface area contributed by atoms with Crippen LogP contribution in [0.25, 0.3) is 11.1 Å². The van der Waals surface area contributed by atoms with E-state index in [1.165, 1.54) is 4.31 Å². The summed E-state index contributed by atoms with van der Waals surface area (Å²) < 4.78 is 31.4. The van der Waals surface area contributed by atoms with Crippen molar-refractivity contribution in [2.75, 3.05) is 24.6 Å². The summed E-state index contributed by atoms with van der Waals surface area (Å²) in [5.74, 6) is 0.816. The van der Waals surface area contributed by atoms with E-state index in [1.807, 2.05) is 18.2 Å². The maximum absolute atomic E-state index is 12.2. The van der Waals surface area contributed by atoms with Crippen LogP contribution in [0.5, 0.6) is 5.75 Å². The van der Waals surface area contributed by atoms with Crippen molar-refractivity contribution in [3.63, 3.8) is 0 Å². The molecule has 2 aromatic carbocycles. The minimum atomic E-state index is -3.20. The van der Waals surface area contributed by atoms with Crippen molar-refractivity contribution < 1.29 is 23.6 Å². The third-order valence-corrected chi connectivity index (χ3v) is 6.37. The molecular formula is C18H22N2O5S. The molecule has 3 rings (SSSR count). The van der Waals surface area contributed by atoms with Crippen LogP contribution < -0.4 is 9.96 Å². The van der Waals surface area contributed by atoms with Crippen molar-refractivity contribution in [1.29, 1.82) is 0 Å². The first-order chi connectivity index (χ1) is 12.4. The SMILES string of the molecule is COc1ccc(CN2CCCCS2(=O)=O)cc1-c1cccc(N(O)O)c1. The average Bonchev–Trinajstić information content (AvgIpc) is 2.63. The number of anilines is 1. The van der Waals surface area contributed by atoms with Gasteiger partial charge >= 0.3 is 0 Å². The smallest absolute Gasteiger partial charge is 0.214 e. The first-order valence-corrected chi connectivity index (χ1v) is 9.95. The first kappa shape index (κ1) is 18.7. The van der Waals surface area contributed by atoms with Gasteiger partial charge in [-0.3, -0.25) is 10.4 Å². The molecule has 0 aliphatic carbocycles. The van der Waals surface area contributed by atoms with Crippen LogP contribution in [0, 0.1) is 0 Å². The van der Waals surface area contributed by atoms with E-state index in [2.05, 4.69) is 0 Å². The number of benzene rings is 2. The zero-order valence-electron chi connectivity index (χ0n) is 14.5. The Labute approximate surface area is 153 Å². The van der Waals surface area contributed by atoms with Gasteiger partial charge in [-0.25, -0.2) is 8.42 Å². The van der Waals surface area contributed by atoms with Crippen molar-refractivity contribution in [2.24, 2.45) is 0 Å². The van der Waals surface area contributed by atoms with Crippen molar-refractivity contribution in [1.82, 2.24) is 4.31 Å². The van der Waals surface area contributed by atoms with Gasteiger partial charge in [0.1, 0.15) is 5.75 Å². The predicted octanol–water partition coefficient (Wildman–Crippen LogP) is 2.87. The maximum Gasteiger partial charge on any atom is 0.214 e. The summed E-state index contributed by atoms with van der Waals surface area (Å²) in [4.78, 5) is 0. The van der Waals surface area contributed by atoms with E-state index in [9.17, 15) is 18.8 Å². The van der Waals surface area contributed by atoms with E-state index in [-0.39, 0.29) is 16.7 Å². The lowest BCUT2D eigenvalue weighted by Crippen LogP contribution is -2.37. The highest BCUT2D eigenvalue weighted by molar-refractivity contribution is 7.89. The van der Waals surface area contributed by atoms with Gasteiger partial charge in [0, 0.05) is 18.7 Å². The van der Waals surface area contributed by atoms with Crippen molar-refractivity contribution in [3.8, 4) is 16.9 Å². The monoisotopic (exact) mass is 378 g/mol. The van der Waals surface area contributed by atoms with Gasteiger partial charge in [-0.2, -0.15) is 4.31 Å². The van der Waals surface area contributed by atoms with Gasteiger partial charge in [-0.15, -0.1) is 5.23 Å². The van der Waals surface area contributed by atoms with Crippen LogP contribution in [0.4, 0.5) is 5.69 Å². The molecule has 0 spiro atoms. The lowest BCUT2D eigenvalue weighted by atomic mass is 10.0. The van der Waals surface area contributed by atoms with Crippen LogP contribution in [-0.4, -0.2) is 42.5 Å². The quantitative estimate of drug-likeness (QED) is 0.778. The Balaban J connectivity index is 1.95. The molecule has 2 aromatic rings. The zero-order valence-corrected chi connectivity index (χ0v) is 15.3. The minimum absolute atomic E-state index is 0.0557. The molecule has 0 bridgehead atoms. The van der Waals surface area contributed by atoms with Crippen LogP contribution in [-0.2, 0) is 16.6 Å². The second-order valence-electron chi connectivity index (χ2n) is 6.23. The Morgan fingerprint density at radius 2 is 1.96 bits per heavy atom. The molecule has 1 saturated heterocycles. The van der Waals surface area contributed by atoms with Crippen LogP contribution in [0.3, 0.4) is 0 Å². The largest absolute Gasteiger partial charge is 0.496 e. The van der Waals surface area contributed by atoms with Crippen molar-refractivity contribution in [2.45, 2.75) is 19.4 Å². The van der Waals surface area contributed by atoms with Gasteiger partial charge in [0.15, 0.2) is 0 Å². The van der Waals surface area contributed by atoms with E-state index in [4.69, 9.17) is 4.74 Å². The fourth-order valence-corrected chi connectivity index (χ4v) is 4.68. The topological polar surface area (TPSA) is 90.3 Å². The number of hydrogen-bond acceptors (Lipinski definition) is 6. The highest BCUT2D eigenvalue weighted by Crippen LogP contribution is 2.33. The van der Waals surface area contributed by atoms with Gasteiger partial charge in [0.2, 0.25) is 10.0 Å². The molecule has 0 aromatic heterocycles. The number of rotatable bonds is 5. The molecule has 0 radical (unpaired) electrons. The summed E-state index contributed by atoms with van der Waals surface area (Å²) in [6.07, 6.45) is 1.57. The molecule has 8 heteroatoms.